The van der Waals surface area contributed by atoms with E-state index in [0.29, 0.717) is 0 Å². The van der Waals surface area contributed by atoms with Crippen LogP contribution in [0.25, 0.3) is 0 Å². The molecular formula is C15H19F2NO4S. The second-order valence-corrected chi connectivity index (χ2v) is 7.83. The molecule has 2 N–H and O–H groups in total. The molecule has 8 heteroatoms. The number of carboxylic acid groups (broad SMARTS) is 1. The smallest absolute Gasteiger partial charge is 0.306 e. The fraction of sp³-hybridized carbons (Fsp3) is 0.533. The molecule has 0 unspecified atom stereocenters. The molecule has 1 aliphatic rings. The SMILES string of the molecule is Cc1cc(F)cc(C)c1S(=O)(=O)NC[C@@]1(F)CC[C@H](C(=O)O)C1. The van der Waals surface area contributed by atoms with Crippen LogP contribution in [0.4, 0.5) is 8.78 Å². The van der Waals surface area contributed by atoms with Gasteiger partial charge in [0, 0.05) is 6.54 Å². The molecule has 0 heterocycles. The number of rotatable bonds is 5. The predicted molar refractivity (Wildman–Crippen MR) is 79.9 cm³/mol. The second-order valence-electron chi connectivity index (χ2n) is 6.12. The van der Waals surface area contributed by atoms with E-state index in [0.717, 1.165) is 12.1 Å². The molecule has 2 rings (SSSR count). The van der Waals surface area contributed by atoms with Gasteiger partial charge in [0.15, 0.2) is 0 Å². The third kappa shape index (κ3) is 3.87. The molecule has 1 aromatic rings. The lowest BCUT2D eigenvalue weighted by molar-refractivity contribution is -0.141. The lowest BCUT2D eigenvalue weighted by Gasteiger charge is -2.21. The number of aryl methyl sites for hydroxylation is 2. The van der Waals surface area contributed by atoms with E-state index in [-0.39, 0.29) is 35.3 Å². The van der Waals surface area contributed by atoms with Crippen LogP contribution in [0.3, 0.4) is 0 Å². The van der Waals surface area contributed by atoms with Gasteiger partial charge in [-0.05, 0) is 56.4 Å². The van der Waals surface area contributed by atoms with Gasteiger partial charge in [-0.15, -0.1) is 0 Å². The number of carboxylic acids is 1. The summed E-state index contributed by atoms with van der Waals surface area (Å²) in [6.45, 7) is 2.44. The fourth-order valence-corrected chi connectivity index (χ4v) is 4.63. The molecule has 0 amide bonds. The molecule has 1 fully saturated rings. The Labute approximate surface area is 133 Å². The number of alkyl halides is 1. The van der Waals surface area contributed by atoms with E-state index in [1.165, 1.54) is 13.8 Å². The molecule has 0 aliphatic heterocycles. The van der Waals surface area contributed by atoms with Crippen LogP contribution < -0.4 is 4.72 Å². The van der Waals surface area contributed by atoms with Crippen LogP contribution in [0.2, 0.25) is 0 Å². The first-order chi connectivity index (χ1) is 10.5. The van der Waals surface area contributed by atoms with Gasteiger partial charge >= 0.3 is 5.97 Å². The van der Waals surface area contributed by atoms with Gasteiger partial charge in [0.1, 0.15) is 11.5 Å². The minimum absolute atomic E-state index is 0.00608. The van der Waals surface area contributed by atoms with Crippen molar-refractivity contribution < 1.29 is 27.1 Å². The van der Waals surface area contributed by atoms with Gasteiger partial charge in [0.05, 0.1) is 10.8 Å². The number of benzene rings is 1. The highest BCUT2D eigenvalue weighted by molar-refractivity contribution is 7.89. The van der Waals surface area contributed by atoms with Crippen molar-refractivity contribution in [1.29, 1.82) is 0 Å². The summed E-state index contributed by atoms with van der Waals surface area (Å²) in [6.07, 6.45) is -0.0394. The van der Waals surface area contributed by atoms with Crippen LogP contribution in [0.5, 0.6) is 0 Å². The molecule has 0 aromatic heterocycles. The van der Waals surface area contributed by atoms with Gasteiger partial charge < -0.3 is 5.11 Å². The Morgan fingerprint density at radius 1 is 1.39 bits per heavy atom. The van der Waals surface area contributed by atoms with Crippen LogP contribution in [-0.2, 0) is 14.8 Å². The van der Waals surface area contributed by atoms with Crippen LogP contribution in [0.15, 0.2) is 17.0 Å². The number of sulfonamides is 1. The molecule has 1 aromatic carbocycles. The number of nitrogens with one attached hydrogen (secondary N) is 1. The molecule has 2 atom stereocenters. The summed E-state index contributed by atoms with van der Waals surface area (Å²) in [5.41, 5.74) is -1.41. The van der Waals surface area contributed by atoms with E-state index < -0.39 is 39.9 Å². The molecule has 0 bridgehead atoms. The molecule has 23 heavy (non-hydrogen) atoms. The molecule has 1 saturated carbocycles. The zero-order valence-corrected chi connectivity index (χ0v) is 13.7. The maximum absolute atomic E-state index is 14.6. The summed E-state index contributed by atoms with van der Waals surface area (Å²) >= 11 is 0. The van der Waals surface area contributed by atoms with E-state index in [4.69, 9.17) is 5.11 Å². The molecule has 128 valence electrons. The monoisotopic (exact) mass is 347 g/mol. The topological polar surface area (TPSA) is 83.5 Å². The van der Waals surface area contributed by atoms with Crippen molar-refractivity contribution >= 4 is 16.0 Å². The first-order valence-corrected chi connectivity index (χ1v) is 8.70. The van der Waals surface area contributed by atoms with Crippen LogP contribution >= 0.6 is 0 Å². The number of hydrogen-bond donors (Lipinski definition) is 2. The molecular weight excluding hydrogens is 328 g/mol. The van der Waals surface area contributed by atoms with Crippen molar-refractivity contribution in [3.63, 3.8) is 0 Å². The minimum Gasteiger partial charge on any atom is -0.481 e. The average molecular weight is 347 g/mol. The van der Waals surface area contributed by atoms with Crippen molar-refractivity contribution in [3.05, 3.63) is 29.1 Å². The Hall–Kier alpha value is -1.54. The summed E-state index contributed by atoms with van der Waals surface area (Å²) in [5, 5.41) is 8.91. The number of halogens is 2. The van der Waals surface area contributed by atoms with E-state index in [1.807, 2.05) is 0 Å². The zero-order chi connectivity index (χ0) is 17.4. The standard InChI is InChI=1S/C15H19F2NO4S/c1-9-5-12(16)6-10(2)13(9)23(21,22)18-8-15(17)4-3-11(7-15)14(19)20/h5-6,11,18H,3-4,7-8H2,1-2H3,(H,19,20)/t11-,15+/m0/s1. The molecule has 0 saturated heterocycles. The predicted octanol–water partition coefficient (Wildman–Crippen LogP) is 2.31. The Morgan fingerprint density at radius 2 is 1.96 bits per heavy atom. The van der Waals surface area contributed by atoms with Gasteiger partial charge in [-0.1, -0.05) is 0 Å². The third-order valence-corrected chi connectivity index (χ3v) is 5.88. The van der Waals surface area contributed by atoms with Gasteiger partial charge in [-0.2, -0.15) is 0 Å². The number of aliphatic carboxylic acids is 1. The highest BCUT2D eigenvalue weighted by atomic mass is 32.2. The van der Waals surface area contributed by atoms with Gasteiger partial charge in [0.25, 0.3) is 0 Å². The Balaban J connectivity index is 2.16. The Bertz CT molecular complexity index is 712. The summed E-state index contributed by atoms with van der Waals surface area (Å²) in [6, 6.07) is 2.20. The Kier molecular flexibility index (Phi) is 4.77. The lowest BCUT2D eigenvalue weighted by Crippen LogP contribution is -2.38. The summed E-state index contributed by atoms with van der Waals surface area (Å²) in [7, 11) is -4.01. The zero-order valence-electron chi connectivity index (χ0n) is 12.9. The quantitative estimate of drug-likeness (QED) is 0.856. The maximum atomic E-state index is 14.6. The van der Waals surface area contributed by atoms with Crippen molar-refractivity contribution in [3.8, 4) is 0 Å². The summed E-state index contributed by atoms with van der Waals surface area (Å²) < 4.78 is 54.8. The maximum Gasteiger partial charge on any atom is 0.306 e. The molecule has 5 nitrogen and oxygen atoms in total. The third-order valence-electron chi connectivity index (χ3n) is 4.18. The largest absolute Gasteiger partial charge is 0.481 e. The van der Waals surface area contributed by atoms with Crippen molar-refractivity contribution in [2.45, 2.75) is 43.7 Å². The number of hydrogen-bond acceptors (Lipinski definition) is 3. The minimum atomic E-state index is -4.01. The molecule has 0 spiro atoms. The van der Waals surface area contributed by atoms with E-state index in [9.17, 15) is 22.0 Å². The fourth-order valence-electron chi connectivity index (χ4n) is 3.07. The van der Waals surface area contributed by atoms with E-state index in [2.05, 4.69) is 4.72 Å². The second kappa shape index (κ2) is 6.16. The summed E-state index contributed by atoms with van der Waals surface area (Å²) in [5.74, 6) is -2.41. The normalized spacial score (nSPS) is 24.8. The first kappa shape index (κ1) is 17.8. The highest BCUT2D eigenvalue weighted by Crippen LogP contribution is 2.37. The average Bonchev–Trinajstić information content (AvgIpc) is 2.79. The lowest BCUT2D eigenvalue weighted by atomic mass is 10.0. The van der Waals surface area contributed by atoms with Gasteiger partial charge in [-0.3, -0.25) is 4.79 Å². The molecule has 0 radical (unpaired) electrons. The highest BCUT2D eigenvalue weighted by Gasteiger charge is 2.43. The van der Waals surface area contributed by atoms with Crippen molar-refractivity contribution in [2.24, 2.45) is 5.92 Å². The van der Waals surface area contributed by atoms with Crippen LogP contribution in [0, 0.1) is 25.6 Å². The van der Waals surface area contributed by atoms with E-state index >= 15 is 0 Å². The first-order valence-electron chi connectivity index (χ1n) is 7.22. The molecule has 1 aliphatic carbocycles. The van der Waals surface area contributed by atoms with Crippen LogP contribution in [-0.4, -0.2) is 31.7 Å². The van der Waals surface area contributed by atoms with Gasteiger partial charge in [0.2, 0.25) is 10.0 Å². The van der Waals surface area contributed by atoms with Gasteiger partial charge in [-0.25, -0.2) is 21.9 Å². The van der Waals surface area contributed by atoms with Crippen LogP contribution in [0.1, 0.15) is 30.4 Å². The Morgan fingerprint density at radius 3 is 2.43 bits per heavy atom. The van der Waals surface area contributed by atoms with E-state index in [1.54, 1.807) is 0 Å². The summed E-state index contributed by atoms with van der Waals surface area (Å²) in [4.78, 5) is 10.8. The van der Waals surface area contributed by atoms with Crippen molar-refractivity contribution in [1.82, 2.24) is 4.72 Å². The number of carbonyl (C=O) groups is 1. The van der Waals surface area contributed by atoms with Crippen molar-refractivity contribution in [2.75, 3.05) is 6.54 Å².